The Morgan fingerprint density at radius 3 is 2.52 bits per heavy atom. The highest BCUT2D eigenvalue weighted by atomic mass is 16.4. The summed E-state index contributed by atoms with van der Waals surface area (Å²) in [4.78, 5) is 38.8. The van der Waals surface area contributed by atoms with Crippen LogP contribution in [0.1, 0.15) is 56.0 Å². The van der Waals surface area contributed by atoms with Crippen LogP contribution >= 0.6 is 0 Å². The molecule has 3 aliphatic rings. The predicted molar refractivity (Wildman–Crippen MR) is 116 cm³/mol. The lowest BCUT2D eigenvalue weighted by Gasteiger charge is -2.35. The molecular formula is C23H30N4O4. The molecule has 1 atom stereocenters. The molecule has 1 aromatic heterocycles. The zero-order valence-corrected chi connectivity index (χ0v) is 17.8. The van der Waals surface area contributed by atoms with Crippen molar-refractivity contribution in [3.8, 4) is 0 Å². The summed E-state index contributed by atoms with van der Waals surface area (Å²) >= 11 is 0. The van der Waals surface area contributed by atoms with Gasteiger partial charge in [0.1, 0.15) is 6.04 Å². The van der Waals surface area contributed by atoms with E-state index in [2.05, 4.69) is 21.6 Å². The number of hydrogen-bond donors (Lipinski definition) is 2. The van der Waals surface area contributed by atoms with Gasteiger partial charge in [-0.1, -0.05) is 6.07 Å². The van der Waals surface area contributed by atoms with Crippen molar-refractivity contribution in [3.63, 3.8) is 0 Å². The molecule has 166 valence electrons. The van der Waals surface area contributed by atoms with Gasteiger partial charge in [0.2, 0.25) is 11.8 Å². The highest BCUT2D eigenvalue weighted by Gasteiger charge is 2.31. The number of imide groups is 1. The standard InChI is InChI=1S/C23H30N4O4/c28-21-4-3-19(22(29)25-21)27-18-2-1-17(13-20(18)31-23(27)30)16-7-11-26(12-8-16)14-15-5-9-24-10-6-15/h1-2,13,15-16,19,24H,3-12,14H2,(H,25,28,29). The molecule has 0 radical (unpaired) electrons. The molecule has 1 unspecified atom stereocenters. The zero-order chi connectivity index (χ0) is 21.4. The Morgan fingerprint density at radius 1 is 1.00 bits per heavy atom. The molecule has 8 nitrogen and oxygen atoms in total. The summed E-state index contributed by atoms with van der Waals surface area (Å²) in [6, 6.07) is 5.22. The van der Waals surface area contributed by atoms with Crippen LogP contribution in [0.3, 0.4) is 0 Å². The number of carbonyl (C=O) groups is 2. The van der Waals surface area contributed by atoms with Crippen molar-refractivity contribution in [3.05, 3.63) is 34.3 Å². The molecule has 3 aliphatic heterocycles. The lowest BCUT2D eigenvalue weighted by molar-refractivity contribution is -0.135. The lowest BCUT2D eigenvalue weighted by atomic mass is 9.88. The van der Waals surface area contributed by atoms with Crippen LogP contribution in [0.25, 0.3) is 11.1 Å². The molecule has 0 saturated carbocycles. The highest BCUT2D eigenvalue weighted by Crippen LogP contribution is 2.32. The maximum absolute atomic E-state index is 12.5. The van der Waals surface area contributed by atoms with Gasteiger partial charge in [0.05, 0.1) is 5.52 Å². The number of hydrogen-bond acceptors (Lipinski definition) is 6. The van der Waals surface area contributed by atoms with Crippen LogP contribution in [0.15, 0.2) is 27.4 Å². The molecule has 8 heteroatoms. The lowest BCUT2D eigenvalue weighted by Crippen LogP contribution is -2.43. The molecule has 4 heterocycles. The third-order valence-electron chi connectivity index (χ3n) is 7.19. The van der Waals surface area contributed by atoms with Gasteiger partial charge in [-0.25, -0.2) is 4.79 Å². The summed E-state index contributed by atoms with van der Waals surface area (Å²) < 4.78 is 6.90. The summed E-state index contributed by atoms with van der Waals surface area (Å²) in [5.41, 5.74) is 2.33. The quantitative estimate of drug-likeness (QED) is 0.723. The first-order valence-corrected chi connectivity index (χ1v) is 11.5. The maximum Gasteiger partial charge on any atom is 0.420 e. The SMILES string of the molecule is O=C1CCC(n2c(=O)oc3cc(C4CCN(CC5CCNCC5)CC4)ccc32)C(=O)N1. The molecule has 3 saturated heterocycles. The second-order valence-electron chi connectivity index (χ2n) is 9.20. The highest BCUT2D eigenvalue weighted by molar-refractivity contribution is 6.00. The molecule has 5 rings (SSSR count). The van der Waals surface area contributed by atoms with Gasteiger partial charge in [-0.15, -0.1) is 0 Å². The van der Waals surface area contributed by atoms with Gasteiger partial charge < -0.3 is 14.6 Å². The molecular weight excluding hydrogens is 396 g/mol. The van der Waals surface area contributed by atoms with Crippen LogP contribution in [0, 0.1) is 5.92 Å². The fourth-order valence-electron chi connectivity index (χ4n) is 5.41. The normalized spacial score (nSPS) is 24.6. The first-order chi connectivity index (χ1) is 15.1. The molecule has 1 aromatic carbocycles. The number of nitrogens with one attached hydrogen (secondary N) is 2. The number of oxazole rings is 1. The Bertz CT molecular complexity index is 1030. The topological polar surface area (TPSA) is 96.6 Å². The Hall–Kier alpha value is -2.45. The number of fused-ring (bicyclic) bond motifs is 1. The molecule has 3 fully saturated rings. The first-order valence-electron chi connectivity index (χ1n) is 11.5. The zero-order valence-electron chi connectivity index (χ0n) is 17.8. The van der Waals surface area contributed by atoms with Crippen LogP contribution in [0.4, 0.5) is 0 Å². The van der Waals surface area contributed by atoms with E-state index in [4.69, 9.17) is 4.42 Å². The van der Waals surface area contributed by atoms with E-state index in [0.717, 1.165) is 44.9 Å². The largest absolute Gasteiger partial charge is 0.420 e. The van der Waals surface area contributed by atoms with Gasteiger partial charge in [0.15, 0.2) is 5.58 Å². The fourth-order valence-corrected chi connectivity index (χ4v) is 5.41. The van der Waals surface area contributed by atoms with E-state index in [1.165, 1.54) is 29.5 Å². The first kappa shape index (κ1) is 20.5. The van der Waals surface area contributed by atoms with Crippen LogP contribution < -0.4 is 16.4 Å². The average molecular weight is 427 g/mol. The van der Waals surface area contributed by atoms with E-state index in [-0.39, 0.29) is 12.3 Å². The third kappa shape index (κ3) is 4.19. The number of piperidine rings is 3. The second kappa shape index (κ2) is 8.59. The Kier molecular flexibility index (Phi) is 5.67. The maximum atomic E-state index is 12.5. The van der Waals surface area contributed by atoms with E-state index in [1.54, 1.807) is 0 Å². The minimum atomic E-state index is -0.699. The Balaban J connectivity index is 1.28. The van der Waals surface area contributed by atoms with E-state index in [0.29, 0.717) is 23.4 Å². The van der Waals surface area contributed by atoms with Crippen LogP contribution in [-0.4, -0.2) is 54.0 Å². The monoisotopic (exact) mass is 426 g/mol. The summed E-state index contributed by atoms with van der Waals surface area (Å²) in [5.74, 6) is -0.00559. The van der Waals surface area contributed by atoms with Crippen molar-refractivity contribution >= 4 is 22.9 Å². The number of rotatable bonds is 4. The minimum Gasteiger partial charge on any atom is -0.408 e. The molecule has 31 heavy (non-hydrogen) atoms. The molecule has 0 spiro atoms. The van der Waals surface area contributed by atoms with Crippen molar-refractivity contribution in [1.29, 1.82) is 0 Å². The minimum absolute atomic E-state index is 0.226. The van der Waals surface area contributed by atoms with Gasteiger partial charge in [-0.05, 0) is 87.8 Å². The smallest absolute Gasteiger partial charge is 0.408 e. The van der Waals surface area contributed by atoms with Crippen LogP contribution in [0.2, 0.25) is 0 Å². The number of benzene rings is 1. The van der Waals surface area contributed by atoms with E-state index >= 15 is 0 Å². The number of nitrogens with zero attached hydrogens (tertiary/aromatic N) is 2. The molecule has 2 aromatic rings. The molecule has 0 bridgehead atoms. The van der Waals surface area contributed by atoms with E-state index in [1.807, 2.05) is 12.1 Å². The van der Waals surface area contributed by atoms with Gasteiger partial charge in [0.25, 0.3) is 0 Å². The molecule has 2 amide bonds. The number of likely N-dealkylation sites (tertiary alicyclic amines) is 1. The summed E-state index contributed by atoms with van der Waals surface area (Å²) in [5, 5.41) is 5.76. The third-order valence-corrected chi connectivity index (χ3v) is 7.19. The van der Waals surface area contributed by atoms with Gasteiger partial charge in [0, 0.05) is 13.0 Å². The number of carbonyl (C=O) groups excluding carboxylic acids is 2. The van der Waals surface area contributed by atoms with Crippen molar-refractivity contribution < 1.29 is 14.0 Å². The van der Waals surface area contributed by atoms with Crippen molar-refractivity contribution in [2.24, 2.45) is 5.92 Å². The predicted octanol–water partition coefficient (Wildman–Crippen LogP) is 1.75. The summed E-state index contributed by atoms with van der Waals surface area (Å²) in [7, 11) is 0. The van der Waals surface area contributed by atoms with Gasteiger partial charge in [-0.3, -0.25) is 19.5 Å². The van der Waals surface area contributed by atoms with Crippen LogP contribution in [0.5, 0.6) is 0 Å². The molecule has 2 N–H and O–H groups in total. The molecule has 0 aliphatic carbocycles. The average Bonchev–Trinajstić information content (AvgIpc) is 3.10. The number of aromatic nitrogens is 1. The van der Waals surface area contributed by atoms with Crippen molar-refractivity contribution in [2.75, 3.05) is 32.7 Å². The van der Waals surface area contributed by atoms with E-state index < -0.39 is 17.7 Å². The van der Waals surface area contributed by atoms with Crippen molar-refractivity contribution in [1.82, 2.24) is 20.1 Å². The van der Waals surface area contributed by atoms with E-state index in [9.17, 15) is 14.4 Å². The van der Waals surface area contributed by atoms with Crippen molar-refractivity contribution in [2.45, 2.75) is 50.5 Å². The Morgan fingerprint density at radius 2 is 1.77 bits per heavy atom. The van der Waals surface area contributed by atoms with Gasteiger partial charge in [-0.2, -0.15) is 0 Å². The Labute approximate surface area is 181 Å². The summed E-state index contributed by atoms with van der Waals surface area (Å²) in [6.45, 7) is 5.70. The van der Waals surface area contributed by atoms with Crippen LogP contribution in [-0.2, 0) is 9.59 Å². The van der Waals surface area contributed by atoms with Gasteiger partial charge >= 0.3 is 5.76 Å². The fraction of sp³-hybridized carbons (Fsp3) is 0.609. The second-order valence-corrected chi connectivity index (χ2v) is 9.20. The number of amides is 2. The summed E-state index contributed by atoms with van der Waals surface area (Å²) in [6.07, 6.45) is 5.31.